The van der Waals surface area contributed by atoms with Crippen LogP contribution in [0.25, 0.3) is 0 Å². The van der Waals surface area contributed by atoms with Crippen molar-refractivity contribution in [3.63, 3.8) is 0 Å². The van der Waals surface area contributed by atoms with Gasteiger partial charge in [-0.1, -0.05) is 0 Å². The molecule has 3 rings (SSSR count). The van der Waals surface area contributed by atoms with Crippen molar-refractivity contribution in [2.45, 2.75) is 25.9 Å². The van der Waals surface area contributed by atoms with Crippen molar-refractivity contribution in [1.82, 2.24) is 0 Å². The lowest BCUT2D eigenvalue weighted by Crippen LogP contribution is -2.16. The van der Waals surface area contributed by atoms with Gasteiger partial charge in [0.2, 0.25) is 0 Å². The van der Waals surface area contributed by atoms with Crippen LogP contribution < -0.4 is 10.1 Å². The van der Waals surface area contributed by atoms with Crippen LogP contribution in [0.15, 0.2) is 42.5 Å². The van der Waals surface area contributed by atoms with E-state index in [0.29, 0.717) is 12.2 Å². The van der Waals surface area contributed by atoms with Gasteiger partial charge in [-0.25, -0.2) is 0 Å². The monoisotopic (exact) mass is 437 g/mol. The lowest BCUT2D eigenvalue weighted by molar-refractivity contribution is 0.0679. The number of nitrogens with one attached hydrogen (secondary N) is 1. The Labute approximate surface area is 155 Å². The van der Waals surface area contributed by atoms with E-state index in [1.165, 1.54) is 0 Å². The average molecular weight is 437 g/mol. The van der Waals surface area contributed by atoms with Gasteiger partial charge in [0.05, 0.1) is 6.10 Å². The molecule has 4 nitrogen and oxygen atoms in total. The highest BCUT2D eigenvalue weighted by Gasteiger charge is 2.16. The second kappa shape index (κ2) is 7.98. The minimum atomic E-state index is -0.120. The highest BCUT2D eigenvalue weighted by atomic mass is 127. The van der Waals surface area contributed by atoms with Gasteiger partial charge < -0.3 is 14.8 Å². The Morgan fingerprint density at radius 1 is 1.29 bits per heavy atom. The smallest absolute Gasteiger partial charge is 0.255 e. The Balaban J connectivity index is 1.58. The maximum Gasteiger partial charge on any atom is 0.255 e. The summed E-state index contributed by atoms with van der Waals surface area (Å²) >= 11 is 2.26. The third-order valence-corrected chi connectivity index (χ3v) is 4.68. The van der Waals surface area contributed by atoms with E-state index in [1.807, 2.05) is 37.3 Å². The zero-order chi connectivity index (χ0) is 16.9. The molecule has 2 aromatic carbocycles. The second-order valence-corrected chi connectivity index (χ2v) is 7.13. The Bertz CT molecular complexity index is 709. The molecule has 1 unspecified atom stereocenters. The zero-order valence-corrected chi connectivity index (χ0v) is 15.7. The fourth-order valence-corrected chi connectivity index (χ4v) is 3.28. The minimum absolute atomic E-state index is 0.120. The molecular weight excluding hydrogens is 417 g/mol. The van der Waals surface area contributed by atoms with E-state index in [1.54, 1.807) is 12.1 Å². The van der Waals surface area contributed by atoms with Crippen LogP contribution in [0.5, 0.6) is 5.75 Å². The van der Waals surface area contributed by atoms with Crippen molar-refractivity contribution < 1.29 is 14.3 Å². The van der Waals surface area contributed by atoms with Crippen LogP contribution in [-0.2, 0) is 4.74 Å². The molecule has 1 aliphatic rings. The van der Waals surface area contributed by atoms with E-state index < -0.39 is 0 Å². The molecule has 0 radical (unpaired) electrons. The molecule has 2 aromatic rings. The number of hydrogen-bond acceptors (Lipinski definition) is 3. The van der Waals surface area contributed by atoms with E-state index in [4.69, 9.17) is 9.47 Å². The highest BCUT2D eigenvalue weighted by Crippen LogP contribution is 2.20. The Morgan fingerprint density at radius 3 is 2.75 bits per heavy atom. The summed E-state index contributed by atoms with van der Waals surface area (Å²) in [5.41, 5.74) is 2.49. The number of amides is 1. The molecule has 24 heavy (non-hydrogen) atoms. The number of hydrogen-bond donors (Lipinski definition) is 1. The Morgan fingerprint density at radius 2 is 2.08 bits per heavy atom. The van der Waals surface area contributed by atoms with Crippen LogP contribution >= 0.6 is 22.6 Å². The van der Waals surface area contributed by atoms with Gasteiger partial charge in [-0.15, -0.1) is 0 Å². The van der Waals surface area contributed by atoms with E-state index in [2.05, 4.69) is 27.9 Å². The predicted octanol–water partition coefficient (Wildman–Crippen LogP) is 4.41. The maximum atomic E-state index is 12.4. The van der Waals surface area contributed by atoms with E-state index in [9.17, 15) is 4.79 Å². The molecular formula is C19H20INO3. The first-order valence-corrected chi connectivity index (χ1v) is 9.11. The van der Waals surface area contributed by atoms with Crippen molar-refractivity contribution in [3.05, 3.63) is 57.2 Å². The van der Waals surface area contributed by atoms with Crippen LogP contribution in [0.3, 0.4) is 0 Å². The Kier molecular flexibility index (Phi) is 5.73. The summed E-state index contributed by atoms with van der Waals surface area (Å²) in [6, 6.07) is 13.2. The number of carbonyl (C=O) groups excluding carboxylic acids is 1. The third-order valence-electron chi connectivity index (χ3n) is 4.01. The number of rotatable bonds is 5. The van der Waals surface area contributed by atoms with Crippen molar-refractivity contribution in [2.75, 3.05) is 18.5 Å². The summed E-state index contributed by atoms with van der Waals surface area (Å²) in [5.74, 6) is 0.637. The van der Waals surface area contributed by atoms with E-state index in [-0.39, 0.29) is 12.0 Å². The number of carbonyl (C=O) groups is 1. The molecule has 5 heteroatoms. The molecule has 0 aromatic heterocycles. The average Bonchev–Trinajstić information content (AvgIpc) is 3.09. The fourth-order valence-electron chi connectivity index (χ4n) is 2.63. The van der Waals surface area contributed by atoms with Crippen LogP contribution in [-0.4, -0.2) is 25.2 Å². The van der Waals surface area contributed by atoms with Crippen molar-refractivity contribution in [3.8, 4) is 5.75 Å². The SMILES string of the molecule is Cc1cc(I)ccc1NC(=O)c1ccc(OCC2CCCO2)cc1. The van der Waals surface area contributed by atoms with Crippen molar-refractivity contribution >= 4 is 34.2 Å². The highest BCUT2D eigenvalue weighted by molar-refractivity contribution is 14.1. The number of anilines is 1. The van der Waals surface area contributed by atoms with Crippen molar-refractivity contribution in [2.24, 2.45) is 0 Å². The molecule has 1 heterocycles. The van der Waals surface area contributed by atoms with Gasteiger partial charge in [0.1, 0.15) is 12.4 Å². The molecule has 1 saturated heterocycles. The Hall–Kier alpha value is -1.60. The third kappa shape index (κ3) is 4.48. The summed E-state index contributed by atoms with van der Waals surface area (Å²) in [5, 5.41) is 2.95. The van der Waals surface area contributed by atoms with Gasteiger partial charge in [0, 0.05) is 21.4 Å². The summed E-state index contributed by atoms with van der Waals surface area (Å²) in [7, 11) is 0. The number of halogens is 1. The standard InChI is InChI=1S/C19H20INO3/c1-13-11-15(20)6-9-18(13)21-19(22)14-4-7-16(8-5-14)24-12-17-3-2-10-23-17/h4-9,11,17H,2-3,10,12H2,1H3,(H,21,22). The molecule has 1 aliphatic heterocycles. The van der Waals surface area contributed by atoms with Crippen LogP contribution in [0.4, 0.5) is 5.69 Å². The first kappa shape index (κ1) is 17.2. The summed E-state index contributed by atoms with van der Waals surface area (Å²) in [6.45, 7) is 3.37. The first-order chi connectivity index (χ1) is 11.6. The largest absolute Gasteiger partial charge is 0.491 e. The second-order valence-electron chi connectivity index (χ2n) is 5.88. The van der Waals surface area contributed by atoms with Gasteiger partial charge in [0.25, 0.3) is 5.91 Å². The molecule has 0 bridgehead atoms. The van der Waals surface area contributed by atoms with Gasteiger partial charge in [-0.2, -0.15) is 0 Å². The van der Waals surface area contributed by atoms with Crippen LogP contribution in [0.1, 0.15) is 28.8 Å². The quantitative estimate of drug-likeness (QED) is 0.706. The molecule has 1 amide bonds. The molecule has 126 valence electrons. The van der Waals surface area contributed by atoms with Crippen LogP contribution in [0, 0.1) is 10.5 Å². The predicted molar refractivity (Wildman–Crippen MR) is 103 cm³/mol. The lowest BCUT2D eigenvalue weighted by Gasteiger charge is -2.12. The molecule has 0 saturated carbocycles. The summed E-state index contributed by atoms with van der Waals surface area (Å²) < 4.78 is 12.4. The number of ether oxygens (including phenoxy) is 2. The zero-order valence-electron chi connectivity index (χ0n) is 13.5. The fraction of sp³-hybridized carbons (Fsp3) is 0.316. The normalized spacial score (nSPS) is 16.8. The van der Waals surface area contributed by atoms with Gasteiger partial charge in [0.15, 0.2) is 0 Å². The van der Waals surface area contributed by atoms with Gasteiger partial charge in [-0.3, -0.25) is 4.79 Å². The molecule has 0 aliphatic carbocycles. The van der Waals surface area contributed by atoms with Gasteiger partial charge >= 0.3 is 0 Å². The van der Waals surface area contributed by atoms with E-state index >= 15 is 0 Å². The summed E-state index contributed by atoms with van der Waals surface area (Å²) in [4.78, 5) is 12.4. The first-order valence-electron chi connectivity index (χ1n) is 8.04. The topological polar surface area (TPSA) is 47.6 Å². The van der Waals surface area contributed by atoms with Crippen molar-refractivity contribution in [1.29, 1.82) is 0 Å². The van der Waals surface area contributed by atoms with E-state index in [0.717, 1.165) is 40.0 Å². The number of benzene rings is 2. The maximum absolute atomic E-state index is 12.4. The lowest BCUT2D eigenvalue weighted by atomic mass is 10.1. The van der Waals surface area contributed by atoms with Crippen LogP contribution in [0.2, 0.25) is 0 Å². The molecule has 1 fully saturated rings. The minimum Gasteiger partial charge on any atom is -0.491 e. The molecule has 1 N–H and O–H groups in total. The number of aryl methyl sites for hydroxylation is 1. The molecule has 1 atom stereocenters. The van der Waals surface area contributed by atoms with Gasteiger partial charge in [-0.05, 0) is 90.4 Å². The molecule has 0 spiro atoms. The summed E-state index contributed by atoms with van der Waals surface area (Å²) in [6.07, 6.45) is 2.35.